The molecule has 4 aromatic rings. The lowest BCUT2D eigenvalue weighted by molar-refractivity contribution is -0.115. The maximum Gasteiger partial charge on any atom is 0.225 e. The Morgan fingerprint density at radius 3 is 2.33 bits per heavy atom. The highest BCUT2D eigenvalue weighted by Crippen LogP contribution is 2.22. The molecule has 0 unspecified atom stereocenters. The fraction of sp³-hybridized carbons (Fsp3) is 0.130. The maximum absolute atomic E-state index is 12.2. The lowest BCUT2D eigenvalue weighted by atomic mass is 10.2. The van der Waals surface area contributed by atoms with Crippen LogP contribution >= 0.6 is 0 Å². The molecule has 0 aliphatic heterocycles. The van der Waals surface area contributed by atoms with Crippen molar-refractivity contribution in [2.24, 2.45) is 0 Å². The van der Waals surface area contributed by atoms with Gasteiger partial charge in [0, 0.05) is 17.7 Å². The van der Waals surface area contributed by atoms with Gasteiger partial charge in [0.15, 0.2) is 9.84 Å². The molecule has 0 aliphatic carbocycles. The summed E-state index contributed by atoms with van der Waals surface area (Å²) in [5, 5.41) is 2.75. The Labute approximate surface area is 174 Å². The van der Waals surface area contributed by atoms with Crippen LogP contribution in [0, 0.1) is 0 Å². The smallest absolute Gasteiger partial charge is 0.225 e. The van der Waals surface area contributed by atoms with Gasteiger partial charge in [-0.3, -0.25) is 4.79 Å². The zero-order valence-corrected chi connectivity index (χ0v) is 17.0. The van der Waals surface area contributed by atoms with Crippen molar-refractivity contribution in [3.63, 3.8) is 0 Å². The summed E-state index contributed by atoms with van der Waals surface area (Å²) in [4.78, 5) is 20.0. The zero-order valence-electron chi connectivity index (χ0n) is 16.2. The van der Waals surface area contributed by atoms with E-state index in [9.17, 15) is 13.2 Å². The van der Waals surface area contributed by atoms with E-state index in [2.05, 4.69) is 15.3 Å². The van der Waals surface area contributed by atoms with Crippen molar-refractivity contribution in [1.29, 1.82) is 0 Å². The Morgan fingerprint density at radius 2 is 1.60 bits per heavy atom. The van der Waals surface area contributed by atoms with Gasteiger partial charge in [-0.15, -0.1) is 0 Å². The van der Waals surface area contributed by atoms with Gasteiger partial charge in [-0.2, -0.15) is 0 Å². The monoisotopic (exact) mass is 419 g/mol. The van der Waals surface area contributed by atoms with E-state index in [4.69, 9.17) is 0 Å². The van der Waals surface area contributed by atoms with E-state index < -0.39 is 9.84 Å². The fourth-order valence-electron chi connectivity index (χ4n) is 3.17. The number of rotatable bonds is 7. The Balaban J connectivity index is 1.34. The molecule has 1 aromatic heterocycles. The zero-order chi connectivity index (χ0) is 21.0. The molecular formula is C23H21N3O3S. The summed E-state index contributed by atoms with van der Waals surface area (Å²) in [5.74, 6) is 0.169. The summed E-state index contributed by atoms with van der Waals surface area (Å²) in [5.41, 5.74) is 4.08. The van der Waals surface area contributed by atoms with Gasteiger partial charge in [0.2, 0.25) is 5.91 Å². The number of aromatic nitrogens is 2. The van der Waals surface area contributed by atoms with Crippen LogP contribution in [0.15, 0.2) is 78.9 Å². The average Bonchev–Trinajstić information content (AvgIpc) is 3.18. The van der Waals surface area contributed by atoms with Gasteiger partial charge in [-0.05, 0) is 42.0 Å². The second kappa shape index (κ2) is 8.51. The lowest BCUT2D eigenvalue weighted by Gasteiger charge is -2.07. The molecule has 0 bridgehead atoms. The van der Waals surface area contributed by atoms with Crippen LogP contribution in [0.1, 0.15) is 12.0 Å². The number of carbonyl (C=O) groups excluding carboxylic acids is 1. The molecule has 3 aromatic carbocycles. The number of nitrogens with zero attached hydrogens (tertiary/aromatic N) is 1. The molecule has 1 heterocycles. The number of nitrogens with one attached hydrogen (secondary N) is 2. The maximum atomic E-state index is 12.2. The van der Waals surface area contributed by atoms with Crippen molar-refractivity contribution < 1.29 is 13.2 Å². The average molecular weight is 420 g/mol. The standard InChI is InChI=1S/C23H21N3O3S/c27-22(14-15-30(28,29)16-17-6-2-1-3-7-17)24-19-12-10-18(11-13-19)23-25-20-8-4-5-9-21(20)26-23/h1-13H,14-16H2,(H,24,27)(H,25,26). The van der Waals surface area contributed by atoms with Gasteiger partial charge in [0.05, 0.1) is 22.5 Å². The van der Waals surface area contributed by atoms with Crippen LogP contribution in [0.5, 0.6) is 0 Å². The first-order chi connectivity index (χ1) is 14.5. The summed E-state index contributed by atoms with van der Waals surface area (Å²) in [6, 6.07) is 24.0. The second-order valence-electron chi connectivity index (χ2n) is 7.06. The Bertz CT molecular complexity index is 1230. The Kier molecular flexibility index (Phi) is 5.63. The molecule has 4 rings (SSSR count). The normalized spacial score (nSPS) is 11.5. The highest BCUT2D eigenvalue weighted by molar-refractivity contribution is 7.90. The predicted octanol–water partition coefficient (Wildman–Crippen LogP) is 4.17. The van der Waals surface area contributed by atoms with Crippen LogP contribution in [-0.2, 0) is 20.4 Å². The van der Waals surface area contributed by atoms with Gasteiger partial charge in [-0.1, -0.05) is 42.5 Å². The number of benzene rings is 3. The molecule has 2 N–H and O–H groups in total. The lowest BCUT2D eigenvalue weighted by Crippen LogP contribution is -2.18. The van der Waals surface area contributed by atoms with Crippen molar-refractivity contribution in [2.45, 2.75) is 12.2 Å². The molecule has 1 amide bonds. The number of para-hydroxylation sites is 2. The topological polar surface area (TPSA) is 91.9 Å². The van der Waals surface area contributed by atoms with Crippen molar-refractivity contribution in [2.75, 3.05) is 11.1 Å². The molecule has 7 heteroatoms. The number of anilines is 1. The summed E-state index contributed by atoms with van der Waals surface area (Å²) >= 11 is 0. The van der Waals surface area contributed by atoms with Gasteiger partial charge >= 0.3 is 0 Å². The molecule has 0 saturated carbocycles. The minimum atomic E-state index is -3.35. The molecule has 0 fully saturated rings. The summed E-state index contributed by atoms with van der Waals surface area (Å²) < 4.78 is 24.5. The number of aromatic amines is 1. The van der Waals surface area contributed by atoms with Crippen molar-refractivity contribution in [3.8, 4) is 11.4 Å². The molecule has 0 atom stereocenters. The van der Waals surface area contributed by atoms with E-state index in [0.717, 1.165) is 28.0 Å². The number of H-pyrrole nitrogens is 1. The van der Waals surface area contributed by atoms with E-state index >= 15 is 0 Å². The quantitative estimate of drug-likeness (QED) is 0.470. The van der Waals surface area contributed by atoms with Crippen molar-refractivity contribution in [3.05, 3.63) is 84.4 Å². The molecule has 6 nitrogen and oxygen atoms in total. The second-order valence-corrected chi connectivity index (χ2v) is 9.24. The minimum absolute atomic E-state index is 0.0622. The van der Waals surface area contributed by atoms with E-state index in [1.54, 1.807) is 36.4 Å². The minimum Gasteiger partial charge on any atom is -0.338 e. The third-order valence-corrected chi connectivity index (χ3v) is 6.30. The summed E-state index contributed by atoms with van der Waals surface area (Å²) in [6.45, 7) is 0. The van der Waals surface area contributed by atoms with Crippen LogP contribution in [0.3, 0.4) is 0 Å². The van der Waals surface area contributed by atoms with Crippen LogP contribution < -0.4 is 5.32 Å². The van der Waals surface area contributed by atoms with Crippen LogP contribution in [0.25, 0.3) is 22.4 Å². The third kappa shape index (κ3) is 4.93. The first-order valence-electron chi connectivity index (χ1n) is 9.58. The fourth-order valence-corrected chi connectivity index (χ4v) is 4.51. The highest BCUT2D eigenvalue weighted by atomic mass is 32.2. The number of sulfone groups is 1. The number of carbonyl (C=O) groups is 1. The van der Waals surface area contributed by atoms with Gasteiger partial charge in [0.25, 0.3) is 0 Å². The first kappa shape index (κ1) is 19.8. The number of fused-ring (bicyclic) bond motifs is 1. The largest absolute Gasteiger partial charge is 0.338 e. The number of hydrogen-bond donors (Lipinski definition) is 2. The van der Waals surface area contributed by atoms with E-state index in [1.807, 2.05) is 42.5 Å². The Hall–Kier alpha value is -3.45. The number of imidazole rings is 1. The number of amides is 1. The van der Waals surface area contributed by atoms with Crippen molar-refractivity contribution in [1.82, 2.24) is 9.97 Å². The van der Waals surface area contributed by atoms with E-state index in [1.165, 1.54) is 0 Å². The summed E-state index contributed by atoms with van der Waals surface area (Å²) in [7, 11) is -3.35. The van der Waals surface area contributed by atoms with Gasteiger partial charge < -0.3 is 10.3 Å². The van der Waals surface area contributed by atoms with Gasteiger partial charge in [-0.25, -0.2) is 13.4 Å². The van der Waals surface area contributed by atoms with Crippen LogP contribution in [0.2, 0.25) is 0 Å². The molecule has 152 valence electrons. The first-order valence-corrected chi connectivity index (χ1v) is 11.4. The summed E-state index contributed by atoms with van der Waals surface area (Å²) in [6.07, 6.45) is -0.0828. The Morgan fingerprint density at radius 1 is 0.900 bits per heavy atom. The predicted molar refractivity (Wildman–Crippen MR) is 119 cm³/mol. The van der Waals surface area contributed by atoms with E-state index in [0.29, 0.717) is 5.69 Å². The van der Waals surface area contributed by atoms with E-state index in [-0.39, 0.29) is 23.8 Å². The molecule has 0 spiro atoms. The highest BCUT2D eigenvalue weighted by Gasteiger charge is 2.15. The molecule has 0 aliphatic rings. The van der Waals surface area contributed by atoms with Gasteiger partial charge in [0.1, 0.15) is 5.82 Å². The molecule has 0 saturated heterocycles. The van der Waals surface area contributed by atoms with Crippen molar-refractivity contribution >= 4 is 32.5 Å². The third-order valence-electron chi connectivity index (χ3n) is 4.70. The van der Waals surface area contributed by atoms with Crippen LogP contribution in [0.4, 0.5) is 5.69 Å². The number of hydrogen-bond acceptors (Lipinski definition) is 4. The molecule has 0 radical (unpaired) electrons. The van der Waals surface area contributed by atoms with Crippen LogP contribution in [-0.4, -0.2) is 30.0 Å². The molecular weight excluding hydrogens is 398 g/mol. The molecule has 30 heavy (non-hydrogen) atoms. The SMILES string of the molecule is O=C(CCS(=O)(=O)Cc1ccccc1)Nc1ccc(-c2nc3ccccc3[nH]2)cc1.